The van der Waals surface area contributed by atoms with E-state index in [1.54, 1.807) is 0 Å². The van der Waals surface area contributed by atoms with E-state index in [1.807, 2.05) is 0 Å². The van der Waals surface area contributed by atoms with Gasteiger partial charge in [0.2, 0.25) is 0 Å². The van der Waals surface area contributed by atoms with Crippen molar-refractivity contribution in [2.45, 2.75) is 6.42 Å². The van der Waals surface area contributed by atoms with Gasteiger partial charge in [0.15, 0.2) is 6.79 Å². The van der Waals surface area contributed by atoms with Crippen LogP contribution in [0.4, 0.5) is 0 Å². The van der Waals surface area contributed by atoms with Crippen LogP contribution >= 0.6 is 0 Å². The van der Waals surface area contributed by atoms with Crippen LogP contribution in [-0.2, 0) is 14.3 Å². The Morgan fingerprint density at radius 1 is 1.71 bits per heavy atom. The maximum atomic E-state index is 10.1. The van der Waals surface area contributed by atoms with Gasteiger partial charge in [-0.2, -0.15) is 0 Å². The summed E-state index contributed by atoms with van der Waals surface area (Å²) in [7, 11) is 0. The molecule has 1 aliphatic rings. The molecular weight excluding hydrogens is 96.0 g/mol. The van der Waals surface area contributed by atoms with Crippen LogP contribution in [0.3, 0.4) is 0 Å². The molecule has 3 nitrogen and oxygen atoms in total. The van der Waals surface area contributed by atoms with Crippen LogP contribution < -0.4 is 0 Å². The molecule has 1 saturated heterocycles. The number of ether oxygens (including phenoxy) is 2. The molecule has 0 aromatic rings. The third-order valence-corrected chi connectivity index (χ3v) is 0.656. The number of hydrogen-bond donors (Lipinski definition) is 0. The second-order valence-corrected chi connectivity index (χ2v) is 1.17. The van der Waals surface area contributed by atoms with E-state index in [-0.39, 0.29) is 19.2 Å². The Kier molecular flexibility index (Phi) is 1.26. The van der Waals surface area contributed by atoms with Crippen molar-refractivity contribution >= 4 is 5.97 Å². The van der Waals surface area contributed by atoms with Crippen molar-refractivity contribution in [1.29, 1.82) is 0 Å². The quantitative estimate of drug-likeness (QED) is 0.405. The Morgan fingerprint density at radius 3 is 2.86 bits per heavy atom. The van der Waals surface area contributed by atoms with Crippen LogP contribution in [0.5, 0.6) is 0 Å². The van der Waals surface area contributed by atoms with Gasteiger partial charge in [-0.15, -0.1) is 0 Å². The molecule has 1 radical (unpaired) electrons. The van der Waals surface area contributed by atoms with Crippen molar-refractivity contribution in [1.82, 2.24) is 0 Å². The fourth-order valence-corrected chi connectivity index (χ4v) is 0.334. The highest BCUT2D eigenvalue weighted by Gasteiger charge is 2.07. The highest BCUT2D eigenvalue weighted by atomic mass is 16.7. The predicted octanol–water partition coefficient (Wildman–Crippen LogP) is 0.0692. The molecule has 0 atom stereocenters. The lowest BCUT2D eigenvalue weighted by Crippen LogP contribution is -2.13. The van der Waals surface area contributed by atoms with Crippen molar-refractivity contribution in [2.24, 2.45) is 0 Å². The third kappa shape index (κ3) is 1.16. The summed E-state index contributed by atoms with van der Waals surface area (Å²) in [4.78, 5) is 10.1. The minimum Gasteiger partial charge on any atom is -0.438 e. The molecule has 0 saturated carbocycles. The molecule has 0 N–H and O–H groups in total. The van der Waals surface area contributed by atoms with Gasteiger partial charge in [0.25, 0.3) is 0 Å². The molecule has 0 unspecified atom stereocenters. The van der Waals surface area contributed by atoms with Crippen molar-refractivity contribution in [3.05, 3.63) is 6.61 Å². The zero-order chi connectivity index (χ0) is 5.11. The van der Waals surface area contributed by atoms with E-state index in [0.29, 0.717) is 0 Å². The number of esters is 1. The molecule has 0 aromatic heterocycles. The van der Waals surface area contributed by atoms with Crippen LogP contribution in [0.2, 0.25) is 0 Å². The molecule has 7 heavy (non-hydrogen) atoms. The maximum absolute atomic E-state index is 10.1. The van der Waals surface area contributed by atoms with Gasteiger partial charge < -0.3 is 9.47 Å². The SMILES string of the molecule is O=C1C[CH]OCO1. The lowest BCUT2D eigenvalue weighted by molar-refractivity contribution is -0.162. The Labute approximate surface area is 41.2 Å². The highest BCUT2D eigenvalue weighted by Crippen LogP contribution is 1.99. The number of hydrogen-bond acceptors (Lipinski definition) is 3. The lowest BCUT2D eigenvalue weighted by Gasteiger charge is -2.08. The second kappa shape index (κ2) is 1.93. The Morgan fingerprint density at radius 2 is 2.57 bits per heavy atom. The minimum absolute atomic E-state index is 0.0822. The summed E-state index contributed by atoms with van der Waals surface area (Å²) in [5.41, 5.74) is 0. The van der Waals surface area contributed by atoms with E-state index in [2.05, 4.69) is 9.47 Å². The molecule has 1 aliphatic heterocycles. The molecule has 0 aliphatic carbocycles. The molecule has 0 bridgehead atoms. The first kappa shape index (κ1) is 4.59. The Bertz CT molecular complexity index is 71.0. The maximum Gasteiger partial charge on any atom is 0.310 e. The minimum atomic E-state index is -0.216. The summed E-state index contributed by atoms with van der Waals surface area (Å²) in [6.07, 6.45) is 0.278. The highest BCUT2D eigenvalue weighted by molar-refractivity contribution is 5.70. The molecule has 39 valence electrons. The first-order valence-electron chi connectivity index (χ1n) is 1.98. The van der Waals surface area contributed by atoms with Gasteiger partial charge >= 0.3 is 5.97 Å². The van der Waals surface area contributed by atoms with Crippen LogP contribution in [0.1, 0.15) is 6.42 Å². The summed E-state index contributed by atoms with van der Waals surface area (Å²) in [5, 5.41) is 0. The summed E-state index contributed by atoms with van der Waals surface area (Å²) in [6.45, 7) is 1.52. The third-order valence-electron chi connectivity index (χ3n) is 0.656. The van der Waals surface area contributed by atoms with Crippen molar-refractivity contribution < 1.29 is 14.3 Å². The van der Waals surface area contributed by atoms with Crippen molar-refractivity contribution in [3.8, 4) is 0 Å². The van der Waals surface area contributed by atoms with E-state index in [0.717, 1.165) is 0 Å². The van der Waals surface area contributed by atoms with Crippen molar-refractivity contribution in [3.63, 3.8) is 0 Å². The molecule has 0 aromatic carbocycles. The van der Waals surface area contributed by atoms with Gasteiger partial charge in [0.1, 0.15) is 0 Å². The van der Waals surface area contributed by atoms with E-state index in [1.165, 1.54) is 6.61 Å². The van der Waals surface area contributed by atoms with E-state index < -0.39 is 0 Å². The Balaban J connectivity index is 2.25. The van der Waals surface area contributed by atoms with Crippen LogP contribution in [-0.4, -0.2) is 12.8 Å². The molecular formula is C4H5O3. The first-order valence-corrected chi connectivity index (χ1v) is 1.98. The number of carbonyl (C=O) groups excluding carboxylic acids is 1. The van der Waals surface area contributed by atoms with Gasteiger partial charge in [0.05, 0.1) is 13.0 Å². The number of cyclic esters (lactones) is 1. The summed E-state index contributed by atoms with van der Waals surface area (Å²) < 4.78 is 8.96. The fraction of sp³-hybridized carbons (Fsp3) is 0.500. The van der Waals surface area contributed by atoms with Gasteiger partial charge in [0, 0.05) is 0 Å². The molecule has 1 heterocycles. The van der Waals surface area contributed by atoms with E-state index in [4.69, 9.17) is 0 Å². The topological polar surface area (TPSA) is 35.5 Å². The molecule has 1 fully saturated rings. The smallest absolute Gasteiger partial charge is 0.310 e. The number of carbonyl (C=O) groups is 1. The zero-order valence-corrected chi connectivity index (χ0v) is 3.72. The summed E-state index contributed by atoms with van der Waals surface area (Å²) in [5.74, 6) is -0.216. The van der Waals surface area contributed by atoms with Crippen LogP contribution in [0.15, 0.2) is 0 Å². The van der Waals surface area contributed by atoms with Crippen molar-refractivity contribution in [2.75, 3.05) is 6.79 Å². The monoisotopic (exact) mass is 101 g/mol. The van der Waals surface area contributed by atoms with Gasteiger partial charge in [-0.1, -0.05) is 0 Å². The fourth-order valence-electron chi connectivity index (χ4n) is 0.334. The molecule has 3 heteroatoms. The normalized spacial score (nSPS) is 21.4. The summed E-state index contributed by atoms with van der Waals surface area (Å²) in [6, 6.07) is 0. The van der Waals surface area contributed by atoms with E-state index >= 15 is 0 Å². The van der Waals surface area contributed by atoms with Crippen LogP contribution in [0, 0.1) is 6.61 Å². The Hall–Kier alpha value is -0.570. The predicted molar refractivity (Wildman–Crippen MR) is 21.0 cm³/mol. The first-order chi connectivity index (χ1) is 3.39. The lowest BCUT2D eigenvalue weighted by atomic mass is 10.5. The van der Waals surface area contributed by atoms with Gasteiger partial charge in [-0.3, -0.25) is 4.79 Å². The average Bonchev–Trinajstić information content (AvgIpc) is 1.69. The average molecular weight is 101 g/mol. The molecule has 0 spiro atoms. The molecule has 0 amide bonds. The van der Waals surface area contributed by atoms with Gasteiger partial charge in [-0.25, -0.2) is 0 Å². The largest absolute Gasteiger partial charge is 0.438 e. The van der Waals surface area contributed by atoms with E-state index in [9.17, 15) is 4.79 Å². The number of rotatable bonds is 0. The van der Waals surface area contributed by atoms with Gasteiger partial charge in [-0.05, 0) is 0 Å². The zero-order valence-electron chi connectivity index (χ0n) is 3.72. The van der Waals surface area contributed by atoms with Crippen LogP contribution in [0.25, 0.3) is 0 Å². The second-order valence-electron chi connectivity index (χ2n) is 1.17. The standard InChI is InChI=1S/C4H5O3/c5-4-1-2-6-3-7-4/h2H,1,3H2. The summed E-state index contributed by atoms with van der Waals surface area (Å²) >= 11 is 0. The molecule has 1 rings (SSSR count).